The fourth-order valence-corrected chi connectivity index (χ4v) is 8.57. The normalized spacial score (nSPS) is 46.9. The average Bonchev–Trinajstić information content (AvgIpc) is 3.44. The average molecular weight is 403 g/mol. The minimum absolute atomic E-state index is 0.0136. The number of fused-ring (bicyclic) bond motifs is 6. The van der Waals surface area contributed by atoms with Crippen molar-refractivity contribution in [2.45, 2.75) is 76.3 Å². The third-order valence-corrected chi connectivity index (χ3v) is 9.89. The van der Waals surface area contributed by atoms with E-state index < -0.39 is 5.79 Å². The molecule has 6 rings (SSSR count). The van der Waals surface area contributed by atoms with Gasteiger partial charge in [-0.1, -0.05) is 18.6 Å². The number of rotatable bonds is 2. The number of carbonyl (C=O) groups is 1. The number of hydrogen-bond acceptors (Lipinski definition) is 5. The Kier molecular flexibility index (Phi) is 4.17. The van der Waals surface area contributed by atoms with Gasteiger partial charge in [0.25, 0.3) is 0 Å². The van der Waals surface area contributed by atoms with Gasteiger partial charge in [0.1, 0.15) is 6.29 Å². The molecule has 0 radical (unpaired) electrons. The quantitative estimate of drug-likeness (QED) is 0.516. The molecule has 29 heavy (non-hydrogen) atoms. The van der Waals surface area contributed by atoms with E-state index in [1.54, 1.807) is 0 Å². The first-order chi connectivity index (χ1) is 14.1. The minimum Gasteiger partial charge on any atom is -0.347 e. The summed E-state index contributed by atoms with van der Waals surface area (Å²) < 4.78 is 24.6. The zero-order valence-electron chi connectivity index (χ0n) is 17.6. The van der Waals surface area contributed by atoms with Crippen LogP contribution in [-0.2, 0) is 23.7 Å². The number of aldehydes is 1. The number of ether oxygens (including phenoxy) is 4. The van der Waals surface area contributed by atoms with Crippen LogP contribution in [0.5, 0.6) is 0 Å². The summed E-state index contributed by atoms with van der Waals surface area (Å²) in [5.74, 6) is 1.06. The monoisotopic (exact) mass is 402 g/mol. The molecule has 5 fully saturated rings. The summed E-state index contributed by atoms with van der Waals surface area (Å²) in [6, 6.07) is 0. The van der Waals surface area contributed by atoms with E-state index in [4.69, 9.17) is 18.9 Å². The lowest BCUT2D eigenvalue weighted by molar-refractivity contribution is -0.244. The molecular formula is C24H34O5. The molecule has 0 amide bonds. The maximum absolute atomic E-state index is 11.9. The Morgan fingerprint density at radius 1 is 0.966 bits per heavy atom. The predicted octanol–water partition coefficient (Wildman–Crippen LogP) is 4.00. The van der Waals surface area contributed by atoms with E-state index in [2.05, 4.69) is 13.0 Å². The van der Waals surface area contributed by atoms with Gasteiger partial charge in [0.15, 0.2) is 11.6 Å². The summed E-state index contributed by atoms with van der Waals surface area (Å²) in [6.07, 6.45) is 12.7. The van der Waals surface area contributed by atoms with Crippen LogP contribution in [0, 0.1) is 28.6 Å². The summed E-state index contributed by atoms with van der Waals surface area (Å²) in [5.41, 5.74) is 1.56. The Bertz CT molecular complexity index is 719. The number of hydrogen-bond donors (Lipinski definition) is 0. The van der Waals surface area contributed by atoms with Crippen LogP contribution in [0.4, 0.5) is 0 Å². The van der Waals surface area contributed by atoms with Gasteiger partial charge in [0.2, 0.25) is 0 Å². The minimum atomic E-state index is -0.419. The maximum Gasteiger partial charge on any atom is 0.174 e. The van der Waals surface area contributed by atoms with Crippen LogP contribution in [0.3, 0.4) is 0 Å². The molecule has 5 nitrogen and oxygen atoms in total. The topological polar surface area (TPSA) is 54.0 Å². The van der Waals surface area contributed by atoms with Gasteiger partial charge in [-0.3, -0.25) is 0 Å². The molecule has 0 unspecified atom stereocenters. The third-order valence-electron chi connectivity index (χ3n) is 9.89. The molecule has 0 aromatic rings. The standard InChI is InChI=1S/C24H34O5/c1-21-6-4-20-18(19(21)5-7-24(21)28-14-15-29-24)3-2-17-16-23(26-12-13-27-23)9-8-22(17,20)10-11-25/h2,11,18-20H,3-10,12-16H2,1H3/t18-,19-,20-,21-,22+/m0/s1. The molecule has 0 aromatic heterocycles. The highest BCUT2D eigenvalue weighted by molar-refractivity contribution is 5.53. The van der Waals surface area contributed by atoms with Crippen molar-refractivity contribution >= 4 is 6.29 Å². The second kappa shape index (κ2) is 6.38. The van der Waals surface area contributed by atoms with Gasteiger partial charge < -0.3 is 23.7 Å². The molecule has 0 aromatic carbocycles. The molecule has 2 heterocycles. The highest BCUT2D eigenvalue weighted by Gasteiger charge is 2.67. The molecule has 0 N–H and O–H groups in total. The van der Waals surface area contributed by atoms with Crippen molar-refractivity contribution in [3.05, 3.63) is 11.6 Å². The van der Waals surface area contributed by atoms with Crippen LogP contribution in [0.25, 0.3) is 0 Å². The summed E-state index contributed by atoms with van der Waals surface area (Å²) in [6.45, 7) is 5.29. The zero-order valence-corrected chi connectivity index (χ0v) is 17.6. The van der Waals surface area contributed by atoms with E-state index in [0.717, 1.165) is 51.7 Å². The van der Waals surface area contributed by atoms with Crippen LogP contribution in [0.15, 0.2) is 11.6 Å². The van der Waals surface area contributed by atoms with Gasteiger partial charge in [-0.15, -0.1) is 0 Å². The van der Waals surface area contributed by atoms with E-state index in [1.165, 1.54) is 24.7 Å². The van der Waals surface area contributed by atoms with Crippen LogP contribution < -0.4 is 0 Å². The SMILES string of the molecule is C[C@]12CC[C@H]3[C@@H](CC=C4CC5(CC[C@@]43CC=O)OCCO5)[C@@H]1CCC21OCCO1. The van der Waals surface area contributed by atoms with Crippen LogP contribution in [-0.4, -0.2) is 44.3 Å². The Balaban J connectivity index is 1.35. The molecule has 2 aliphatic heterocycles. The molecule has 4 aliphatic carbocycles. The van der Waals surface area contributed by atoms with Gasteiger partial charge in [-0.2, -0.15) is 0 Å². The predicted molar refractivity (Wildman–Crippen MR) is 106 cm³/mol. The summed E-state index contributed by atoms with van der Waals surface area (Å²) in [7, 11) is 0. The summed E-state index contributed by atoms with van der Waals surface area (Å²) in [4.78, 5) is 11.9. The molecule has 5 atom stereocenters. The lowest BCUT2D eigenvalue weighted by atomic mass is 9.46. The van der Waals surface area contributed by atoms with Crippen molar-refractivity contribution in [1.82, 2.24) is 0 Å². The maximum atomic E-state index is 11.9. The highest BCUT2D eigenvalue weighted by Crippen LogP contribution is 2.69. The molecule has 160 valence electrons. The molecule has 6 aliphatic rings. The van der Waals surface area contributed by atoms with Crippen molar-refractivity contribution in [3.63, 3.8) is 0 Å². The largest absolute Gasteiger partial charge is 0.347 e. The van der Waals surface area contributed by atoms with Gasteiger partial charge in [0.05, 0.1) is 26.4 Å². The molecule has 3 saturated carbocycles. The summed E-state index contributed by atoms with van der Waals surface area (Å²) in [5, 5.41) is 0. The first kappa shape index (κ1) is 19.0. The van der Waals surface area contributed by atoms with Crippen molar-refractivity contribution < 1.29 is 23.7 Å². The van der Waals surface area contributed by atoms with Gasteiger partial charge in [-0.05, 0) is 49.9 Å². The smallest absolute Gasteiger partial charge is 0.174 e. The van der Waals surface area contributed by atoms with Gasteiger partial charge in [-0.25, -0.2) is 0 Å². The van der Waals surface area contributed by atoms with Crippen LogP contribution in [0.2, 0.25) is 0 Å². The first-order valence-electron chi connectivity index (χ1n) is 11.8. The first-order valence-corrected chi connectivity index (χ1v) is 11.8. The van der Waals surface area contributed by atoms with E-state index in [0.29, 0.717) is 37.4 Å². The van der Waals surface area contributed by atoms with Crippen molar-refractivity contribution in [2.24, 2.45) is 28.6 Å². The van der Waals surface area contributed by atoms with Gasteiger partial charge in [0, 0.05) is 36.5 Å². The molecule has 2 spiro atoms. The molecule has 0 bridgehead atoms. The lowest BCUT2D eigenvalue weighted by Crippen LogP contribution is -2.56. The number of allylic oxidation sites excluding steroid dienone is 1. The Morgan fingerprint density at radius 2 is 1.69 bits per heavy atom. The molecular weight excluding hydrogens is 368 g/mol. The fraction of sp³-hybridized carbons (Fsp3) is 0.875. The lowest BCUT2D eigenvalue weighted by Gasteiger charge is -2.60. The Hall–Kier alpha value is -0.750. The highest BCUT2D eigenvalue weighted by atomic mass is 16.7. The van der Waals surface area contributed by atoms with Crippen molar-refractivity contribution in [2.75, 3.05) is 26.4 Å². The third kappa shape index (κ3) is 2.39. The van der Waals surface area contributed by atoms with E-state index in [-0.39, 0.29) is 16.6 Å². The van der Waals surface area contributed by atoms with Crippen LogP contribution >= 0.6 is 0 Å². The fourth-order valence-electron chi connectivity index (χ4n) is 8.57. The summed E-state index contributed by atoms with van der Waals surface area (Å²) >= 11 is 0. The van der Waals surface area contributed by atoms with Crippen molar-refractivity contribution in [1.29, 1.82) is 0 Å². The van der Waals surface area contributed by atoms with E-state index >= 15 is 0 Å². The van der Waals surface area contributed by atoms with E-state index in [1.807, 2.05) is 0 Å². The molecule has 5 heteroatoms. The van der Waals surface area contributed by atoms with Crippen molar-refractivity contribution in [3.8, 4) is 0 Å². The van der Waals surface area contributed by atoms with Crippen LogP contribution in [0.1, 0.15) is 64.7 Å². The molecule has 2 saturated heterocycles. The Labute approximate surface area is 173 Å². The second-order valence-electron chi connectivity index (χ2n) is 10.6. The zero-order chi connectivity index (χ0) is 19.7. The number of carbonyl (C=O) groups excluding carboxylic acids is 1. The van der Waals surface area contributed by atoms with E-state index in [9.17, 15) is 4.79 Å². The van der Waals surface area contributed by atoms with Gasteiger partial charge >= 0.3 is 0 Å². The Morgan fingerprint density at radius 3 is 2.45 bits per heavy atom. The second-order valence-corrected chi connectivity index (χ2v) is 10.6.